The summed E-state index contributed by atoms with van der Waals surface area (Å²) in [5, 5.41) is 17.3. The first-order valence-corrected chi connectivity index (χ1v) is 4.13. The summed E-state index contributed by atoms with van der Waals surface area (Å²) in [5.74, 6) is 0. The third kappa shape index (κ3) is 2.84. The van der Waals surface area contributed by atoms with Gasteiger partial charge in [-0.2, -0.15) is 13.2 Å². The number of aliphatic hydroxyl groups is 2. The number of rotatable bonds is 2. The van der Waals surface area contributed by atoms with Crippen molar-refractivity contribution < 1.29 is 23.4 Å². The van der Waals surface area contributed by atoms with E-state index in [4.69, 9.17) is 15.9 Å². The number of anilines is 1. The van der Waals surface area contributed by atoms with E-state index in [2.05, 4.69) is 0 Å². The number of hydrogen-bond acceptors (Lipinski definition) is 3. The average Bonchev–Trinajstić information content (AvgIpc) is 2.05. The average molecular weight is 221 g/mol. The van der Waals surface area contributed by atoms with Crippen LogP contribution in [0, 0.1) is 0 Å². The summed E-state index contributed by atoms with van der Waals surface area (Å²) in [6, 6.07) is 3.35. The Morgan fingerprint density at radius 2 is 1.87 bits per heavy atom. The van der Waals surface area contributed by atoms with Crippen LogP contribution in [-0.2, 0) is 12.6 Å². The Hall–Kier alpha value is -1.27. The highest BCUT2D eigenvalue weighted by molar-refractivity contribution is 5.55. The Bertz CT molecular complexity index is 350. The molecule has 3 nitrogen and oxygen atoms in total. The molecule has 0 saturated heterocycles. The van der Waals surface area contributed by atoms with Crippen molar-refractivity contribution in [1.82, 2.24) is 0 Å². The summed E-state index contributed by atoms with van der Waals surface area (Å²) in [6.07, 6.45) is -6.56. The van der Waals surface area contributed by atoms with Gasteiger partial charge in [0.15, 0.2) is 6.29 Å². The van der Waals surface area contributed by atoms with Gasteiger partial charge in [0.1, 0.15) is 0 Å². The van der Waals surface area contributed by atoms with E-state index in [-0.39, 0.29) is 12.0 Å². The number of halogens is 3. The van der Waals surface area contributed by atoms with Crippen molar-refractivity contribution in [2.24, 2.45) is 0 Å². The molecule has 0 radical (unpaired) electrons. The number of para-hydroxylation sites is 1. The highest BCUT2D eigenvalue weighted by atomic mass is 19.4. The van der Waals surface area contributed by atoms with E-state index in [0.29, 0.717) is 0 Å². The molecule has 0 bridgehead atoms. The van der Waals surface area contributed by atoms with Gasteiger partial charge in [0.25, 0.3) is 0 Å². The monoisotopic (exact) mass is 221 g/mol. The van der Waals surface area contributed by atoms with Crippen molar-refractivity contribution in [2.45, 2.75) is 18.9 Å². The number of hydrogen-bond donors (Lipinski definition) is 3. The molecule has 0 unspecified atom stereocenters. The predicted octanol–water partition coefficient (Wildman–Crippen LogP) is 1.14. The van der Waals surface area contributed by atoms with Crippen molar-refractivity contribution in [3.05, 3.63) is 29.3 Å². The van der Waals surface area contributed by atoms with Crippen LogP contribution in [0.15, 0.2) is 18.2 Å². The molecular formula is C9H10F3NO2. The van der Waals surface area contributed by atoms with E-state index in [9.17, 15) is 13.2 Å². The van der Waals surface area contributed by atoms with E-state index < -0.39 is 23.7 Å². The van der Waals surface area contributed by atoms with Crippen LogP contribution in [0.5, 0.6) is 0 Å². The first kappa shape index (κ1) is 11.8. The van der Waals surface area contributed by atoms with Crippen LogP contribution in [0.3, 0.4) is 0 Å². The maximum atomic E-state index is 12.4. The van der Waals surface area contributed by atoms with Gasteiger partial charge in [-0.1, -0.05) is 12.1 Å². The molecule has 0 aliphatic heterocycles. The number of alkyl halides is 3. The topological polar surface area (TPSA) is 66.5 Å². The van der Waals surface area contributed by atoms with Gasteiger partial charge in [0.05, 0.1) is 5.56 Å². The maximum Gasteiger partial charge on any atom is 0.418 e. The van der Waals surface area contributed by atoms with Gasteiger partial charge in [0, 0.05) is 12.1 Å². The van der Waals surface area contributed by atoms with Crippen LogP contribution in [0.2, 0.25) is 0 Å². The van der Waals surface area contributed by atoms with Crippen LogP contribution in [0.4, 0.5) is 18.9 Å². The van der Waals surface area contributed by atoms with Crippen LogP contribution >= 0.6 is 0 Å². The van der Waals surface area contributed by atoms with Crippen molar-refractivity contribution in [2.75, 3.05) is 5.73 Å². The third-order valence-electron chi connectivity index (χ3n) is 1.90. The quantitative estimate of drug-likeness (QED) is 0.518. The molecule has 6 heteroatoms. The zero-order chi connectivity index (χ0) is 11.6. The first-order chi connectivity index (χ1) is 6.82. The van der Waals surface area contributed by atoms with Gasteiger partial charge < -0.3 is 15.9 Å². The smallest absolute Gasteiger partial charge is 0.398 e. The van der Waals surface area contributed by atoms with Crippen molar-refractivity contribution >= 4 is 5.69 Å². The lowest BCUT2D eigenvalue weighted by molar-refractivity contribution is -0.137. The van der Waals surface area contributed by atoms with Gasteiger partial charge in [-0.25, -0.2) is 0 Å². The molecule has 0 aromatic heterocycles. The van der Waals surface area contributed by atoms with Crippen molar-refractivity contribution in [1.29, 1.82) is 0 Å². The molecule has 1 rings (SSSR count). The zero-order valence-electron chi connectivity index (χ0n) is 7.62. The normalized spacial score (nSPS) is 12.1. The molecule has 1 aromatic carbocycles. The fourth-order valence-electron chi connectivity index (χ4n) is 1.23. The Morgan fingerprint density at radius 1 is 1.27 bits per heavy atom. The van der Waals surface area contributed by atoms with Gasteiger partial charge in [0.2, 0.25) is 0 Å². The largest absolute Gasteiger partial charge is 0.418 e. The van der Waals surface area contributed by atoms with Crippen LogP contribution in [-0.4, -0.2) is 16.5 Å². The van der Waals surface area contributed by atoms with Gasteiger partial charge in [-0.15, -0.1) is 0 Å². The molecule has 0 heterocycles. The first-order valence-electron chi connectivity index (χ1n) is 4.13. The number of nitrogen functional groups attached to an aromatic ring is 1. The molecule has 0 saturated carbocycles. The molecule has 84 valence electrons. The van der Waals surface area contributed by atoms with E-state index in [0.717, 1.165) is 6.07 Å². The second-order valence-electron chi connectivity index (χ2n) is 3.06. The van der Waals surface area contributed by atoms with Crippen molar-refractivity contribution in [3.63, 3.8) is 0 Å². The summed E-state index contributed by atoms with van der Waals surface area (Å²) < 4.78 is 37.1. The molecule has 0 amide bonds. The SMILES string of the molecule is Nc1c(CC(O)O)cccc1C(F)(F)F. The molecular weight excluding hydrogens is 211 g/mol. The zero-order valence-corrected chi connectivity index (χ0v) is 7.62. The lowest BCUT2D eigenvalue weighted by Gasteiger charge is -2.13. The van der Waals surface area contributed by atoms with Crippen LogP contribution in [0.1, 0.15) is 11.1 Å². The highest BCUT2D eigenvalue weighted by Crippen LogP contribution is 2.35. The molecule has 0 aliphatic carbocycles. The lowest BCUT2D eigenvalue weighted by atomic mass is 10.0. The van der Waals surface area contributed by atoms with Crippen LogP contribution in [0.25, 0.3) is 0 Å². The minimum Gasteiger partial charge on any atom is -0.398 e. The molecule has 0 aliphatic rings. The number of nitrogens with two attached hydrogens (primary N) is 1. The van der Waals surface area contributed by atoms with E-state index >= 15 is 0 Å². The van der Waals surface area contributed by atoms with Gasteiger partial charge >= 0.3 is 6.18 Å². The lowest BCUT2D eigenvalue weighted by Crippen LogP contribution is -2.14. The molecule has 0 fully saturated rings. The second-order valence-corrected chi connectivity index (χ2v) is 3.06. The highest BCUT2D eigenvalue weighted by Gasteiger charge is 2.33. The fraction of sp³-hybridized carbons (Fsp3) is 0.333. The summed E-state index contributed by atoms with van der Waals surface area (Å²) in [6.45, 7) is 0. The van der Waals surface area contributed by atoms with Crippen molar-refractivity contribution in [3.8, 4) is 0 Å². The molecule has 15 heavy (non-hydrogen) atoms. The molecule has 4 N–H and O–H groups in total. The minimum atomic E-state index is -4.53. The summed E-state index contributed by atoms with van der Waals surface area (Å²) in [4.78, 5) is 0. The minimum absolute atomic E-state index is 0.0693. The number of aliphatic hydroxyl groups excluding tert-OH is 1. The third-order valence-corrected chi connectivity index (χ3v) is 1.90. The maximum absolute atomic E-state index is 12.4. The second kappa shape index (κ2) is 4.08. The van der Waals surface area contributed by atoms with E-state index in [1.54, 1.807) is 0 Å². The molecule has 0 spiro atoms. The van der Waals surface area contributed by atoms with E-state index in [1.165, 1.54) is 12.1 Å². The van der Waals surface area contributed by atoms with Gasteiger partial charge in [-0.3, -0.25) is 0 Å². The predicted molar refractivity (Wildman–Crippen MR) is 47.8 cm³/mol. The number of benzene rings is 1. The van der Waals surface area contributed by atoms with Gasteiger partial charge in [-0.05, 0) is 11.6 Å². The Kier molecular flexibility index (Phi) is 3.21. The van der Waals surface area contributed by atoms with Crippen LogP contribution < -0.4 is 5.73 Å². The Labute approximate surface area is 84.0 Å². The van der Waals surface area contributed by atoms with E-state index in [1.807, 2.05) is 0 Å². The Balaban J connectivity index is 3.12. The summed E-state index contributed by atoms with van der Waals surface area (Å²) in [5.41, 5.74) is 3.93. The Morgan fingerprint density at radius 3 is 2.33 bits per heavy atom. The fourth-order valence-corrected chi connectivity index (χ4v) is 1.23. The standard InChI is InChI=1S/C9H10F3NO2/c10-9(11,12)6-3-1-2-5(8(6)13)4-7(14)15/h1-3,7,14-15H,4,13H2. The molecule has 1 aromatic rings. The molecule has 0 atom stereocenters. The summed E-state index contributed by atoms with van der Waals surface area (Å²) in [7, 11) is 0. The summed E-state index contributed by atoms with van der Waals surface area (Å²) >= 11 is 0.